The fraction of sp³-hybridized carbons (Fsp3) is 0.651. The van der Waals surface area contributed by atoms with E-state index >= 15 is 0 Å². The minimum atomic E-state index is -5.94. The number of amides is 2. The Bertz CT molecular complexity index is 2540. The van der Waals surface area contributed by atoms with Crippen molar-refractivity contribution in [1.82, 2.24) is 30.2 Å². The Kier molecular flexibility index (Phi) is 19.1. The number of aliphatic hydroxyl groups excluding tert-OH is 2. The van der Waals surface area contributed by atoms with Crippen molar-refractivity contribution in [2.45, 2.75) is 140 Å². The van der Waals surface area contributed by atoms with E-state index in [1.165, 1.54) is 25.0 Å². The van der Waals surface area contributed by atoms with Gasteiger partial charge in [-0.25, -0.2) is 19.3 Å². The van der Waals surface area contributed by atoms with Crippen molar-refractivity contribution >= 4 is 64.5 Å². The summed E-state index contributed by atoms with van der Waals surface area (Å²) in [5.74, 6) is -1.48. The summed E-state index contributed by atoms with van der Waals surface area (Å²) >= 11 is 0. The van der Waals surface area contributed by atoms with Crippen molar-refractivity contribution in [3.05, 3.63) is 48.0 Å². The summed E-state index contributed by atoms with van der Waals surface area (Å²) in [7, 11) is -17.7. The third-order valence-electron chi connectivity index (χ3n) is 13.0. The fourth-order valence-corrected chi connectivity index (χ4v) is 11.2. The molecule has 6 rings (SSSR count). The number of ether oxygens (including phenoxy) is 2. The fourth-order valence-electron chi connectivity index (χ4n) is 8.49. The number of nitrogens with zero attached hydrogens (tertiary/aromatic N) is 4. The molecule has 0 spiro atoms. The maximum absolute atomic E-state index is 13.1. The number of phosphoric acid groups is 3. The summed E-state index contributed by atoms with van der Waals surface area (Å²) in [6.07, 6.45) is 3.40. The summed E-state index contributed by atoms with van der Waals surface area (Å²) in [5, 5.41) is 26.6. The standard InChI is InChI=1S/C43H64N7O19P3/c1-41(2,24-66-72(62,63)69-71(60,61)65-23-30-35(68-70(57,58)59)34(54)40(67-30)50-26-49-33-37(44)47-25-48-38(33)50)36(55)39(56)46-21-13-32(53)45-20-12-31(52)42(16-17-42)14-5-3-8-28-10-7-11-29(22-28)9-4-6-15-43(18-19-43)64-27-51/h7,10-11,22,25-27,30,34-36,40,54-55H,3-6,8-9,12-21,23-24H2,1-2H3,(H,45,53)(H,46,56)(H,60,61)(H,62,63)(H2,44,47,48)(H2,57,58,59)/p-4. The molecule has 0 bridgehead atoms. The van der Waals surface area contributed by atoms with Crippen LogP contribution in [0.1, 0.15) is 108 Å². The molecule has 7 atom stereocenters. The monoisotopic (exact) mass is 1070 g/mol. The van der Waals surface area contributed by atoms with E-state index in [1.807, 2.05) is 0 Å². The first-order chi connectivity index (χ1) is 33.9. The number of carbonyl (C=O) groups excluding carboxylic acids is 4. The van der Waals surface area contributed by atoms with Crippen molar-refractivity contribution in [1.29, 1.82) is 0 Å². The Morgan fingerprint density at radius 3 is 2.24 bits per heavy atom. The summed E-state index contributed by atoms with van der Waals surface area (Å²) in [5.41, 5.74) is 6.01. The van der Waals surface area contributed by atoms with Gasteiger partial charge in [0.15, 0.2) is 17.7 Å². The molecule has 3 fully saturated rings. The summed E-state index contributed by atoms with van der Waals surface area (Å²) in [6, 6.07) is 8.55. The van der Waals surface area contributed by atoms with E-state index in [2.05, 4.69) is 67.7 Å². The zero-order chi connectivity index (χ0) is 52.5. The number of hydrogen-bond acceptors (Lipinski definition) is 23. The molecular weight excluding hydrogens is 1010 g/mol. The lowest BCUT2D eigenvalue weighted by Crippen LogP contribution is -2.46. The van der Waals surface area contributed by atoms with Crippen LogP contribution in [-0.2, 0) is 73.1 Å². The predicted octanol–water partition coefficient (Wildman–Crippen LogP) is 0.448. The van der Waals surface area contributed by atoms with Gasteiger partial charge in [0.1, 0.15) is 47.6 Å². The summed E-state index contributed by atoms with van der Waals surface area (Å²) in [6.45, 7) is 0.543. The molecule has 3 aliphatic rings. The number of nitrogen functional groups attached to an aromatic ring is 1. The number of ketones is 1. The molecule has 29 heteroatoms. The number of aromatic nitrogens is 4. The Morgan fingerprint density at radius 2 is 1.60 bits per heavy atom. The van der Waals surface area contributed by atoms with E-state index in [1.54, 1.807) is 0 Å². The number of Topliss-reactive ketones (excluding diaryl/α,β-unsaturated/α-hetero) is 1. The number of phosphoric ester groups is 3. The predicted molar refractivity (Wildman–Crippen MR) is 243 cm³/mol. The van der Waals surface area contributed by atoms with Crippen LogP contribution in [0, 0.1) is 10.8 Å². The second-order valence-electron chi connectivity index (χ2n) is 19.1. The molecule has 1 aliphatic heterocycles. The number of benzene rings is 1. The van der Waals surface area contributed by atoms with Gasteiger partial charge in [-0.05, 0) is 81.8 Å². The lowest BCUT2D eigenvalue weighted by atomic mass is 9.87. The number of fused-ring (bicyclic) bond motifs is 1. The van der Waals surface area contributed by atoms with Crippen molar-refractivity contribution in [2.75, 3.05) is 32.0 Å². The summed E-state index contributed by atoms with van der Waals surface area (Å²) in [4.78, 5) is 109. The number of imidazole rings is 1. The van der Waals surface area contributed by atoms with Crippen LogP contribution in [0.5, 0.6) is 0 Å². The van der Waals surface area contributed by atoms with Crippen LogP contribution in [0.15, 0.2) is 36.9 Å². The lowest BCUT2D eigenvalue weighted by Gasteiger charge is -2.36. The zero-order valence-corrected chi connectivity index (χ0v) is 42.4. The highest BCUT2D eigenvalue weighted by Gasteiger charge is 2.49. The van der Waals surface area contributed by atoms with Crippen molar-refractivity contribution in [3.8, 4) is 0 Å². The molecule has 6 N–H and O–H groups in total. The van der Waals surface area contributed by atoms with Gasteiger partial charge < -0.3 is 73.8 Å². The maximum Gasteiger partial charge on any atom is 0.293 e. The van der Waals surface area contributed by atoms with E-state index in [9.17, 15) is 62.7 Å². The first-order valence-corrected chi connectivity index (χ1v) is 27.8. The van der Waals surface area contributed by atoms with Gasteiger partial charge in [-0.2, -0.15) is 0 Å². The number of aryl methyl sites for hydroxylation is 2. The number of nitrogens with one attached hydrogen (secondary N) is 2. The molecular formula is C43H60N7O19P3-4. The van der Waals surface area contributed by atoms with Gasteiger partial charge in [0.25, 0.3) is 22.1 Å². The smallest absolute Gasteiger partial charge is 0.293 e. The Morgan fingerprint density at radius 1 is 0.944 bits per heavy atom. The molecule has 2 aromatic heterocycles. The molecule has 26 nitrogen and oxygen atoms in total. The van der Waals surface area contributed by atoms with Crippen LogP contribution in [0.3, 0.4) is 0 Å². The minimum Gasteiger partial charge on any atom is -0.790 e. The van der Waals surface area contributed by atoms with Crippen LogP contribution < -0.4 is 35.9 Å². The Hall–Kier alpha value is -4.10. The van der Waals surface area contributed by atoms with E-state index < -0.39 is 84.6 Å². The molecule has 1 saturated heterocycles. The van der Waals surface area contributed by atoms with Gasteiger partial charge in [-0.1, -0.05) is 44.5 Å². The SMILES string of the molecule is CC(C)(COP(=O)([O-])OP(=O)([O-])OCC1OC(n2cnc3c(N)ncnc32)C(O)C1OP(=O)([O-])[O-])C(O)C(=O)NCCC(=O)NCCC(=O)C1(CCCCc2cccc(CCCCC3(OC=O)CC3)c2)CC1. The van der Waals surface area contributed by atoms with Gasteiger partial charge in [0.2, 0.25) is 11.8 Å². The number of unbranched alkanes of at least 4 members (excludes halogenated alkanes) is 2. The largest absolute Gasteiger partial charge is 0.790 e. The molecule has 400 valence electrons. The van der Waals surface area contributed by atoms with Crippen LogP contribution in [0.2, 0.25) is 0 Å². The van der Waals surface area contributed by atoms with Gasteiger partial charge >= 0.3 is 0 Å². The molecule has 2 aliphatic carbocycles. The number of nitrogens with two attached hydrogens (primary N) is 1. The lowest BCUT2D eigenvalue weighted by molar-refractivity contribution is -0.347. The molecule has 1 aromatic carbocycles. The third kappa shape index (κ3) is 16.2. The second-order valence-corrected chi connectivity index (χ2v) is 23.1. The first-order valence-electron chi connectivity index (χ1n) is 23.4. The highest BCUT2D eigenvalue weighted by atomic mass is 31.3. The second kappa shape index (κ2) is 24.1. The Labute approximate surface area is 414 Å². The zero-order valence-electron chi connectivity index (χ0n) is 39.7. The van der Waals surface area contributed by atoms with Crippen LogP contribution >= 0.6 is 23.5 Å². The van der Waals surface area contributed by atoms with Gasteiger partial charge in [0, 0.05) is 36.8 Å². The Balaban J connectivity index is 0.853. The van der Waals surface area contributed by atoms with E-state index in [0.717, 1.165) is 94.3 Å². The number of carbonyl (C=O) groups is 4. The van der Waals surface area contributed by atoms with Crippen molar-refractivity contribution in [3.63, 3.8) is 0 Å². The van der Waals surface area contributed by atoms with Crippen LogP contribution in [0.25, 0.3) is 11.2 Å². The summed E-state index contributed by atoms with van der Waals surface area (Å²) < 4.78 is 66.3. The third-order valence-corrected chi connectivity index (χ3v) is 16.0. The van der Waals surface area contributed by atoms with Crippen molar-refractivity contribution in [2.24, 2.45) is 10.8 Å². The number of anilines is 1. The van der Waals surface area contributed by atoms with E-state index in [-0.39, 0.29) is 59.7 Å². The minimum absolute atomic E-state index is 0.0239. The average Bonchev–Trinajstić information content (AvgIpc) is 4.21. The normalized spacial score (nSPS) is 22.3. The number of hydrogen-bond donors (Lipinski definition) is 5. The van der Waals surface area contributed by atoms with Crippen LogP contribution in [0.4, 0.5) is 5.82 Å². The quantitative estimate of drug-likeness (QED) is 0.0322. The molecule has 2 saturated carbocycles. The van der Waals surface area contributed by atoms with Crippen LogP contribution in [-0.4, -0.2) is 110 Å². The highest BCUT2D eigenvalue weighted by molar-refractivity contribution is 7.59. The molecule has 7 unspecified atom stereocenters. The van der Waals surface area contributed by atoms with E-state index in [4.69, 9.17) is 15.2 Å². The molecule has 72 heavy (non-hydrogen) atoms. The molecule has 3 aromatic rings. The average molecular weight is 1070 g/mol. The first kappa shape index (κ1) is 57.2. The highest BCUT2D eigenvalue weighted by Crippen LogP contribution is 2.57. The molecule has 2 amide bonds. The topological polar surface area (TPSA) is 401 Å². The maximum atomic E-state index is 13.1. The number of rotatable bonds is 32. The van der Waals surface area contributed by atoms with Gasteiger partial charge in [-0.15, -0.1) is 0 Å². The molecule has 3 heterocycles. The van der Waals surface area contributed by atoms with Crippen molar-refractivity contribution < 1.29 is 90.0 Å². The van der Waals surface area contributed by atoms with E-state index in [0.29, 0.717) is 6.47 Å². The van der Waals surface area contributed by atoms with Gasteiger partial charge in [-0.3, -0.25) is 32.9 Å². The number of aliphatic hydroxyl groups is 2. The van der Waals surface area contributed by atoms with Gasteiger partial charge in [0.05, 0.1) is 27.4 Å². The molecule has 0 radical (unpaired) electrons.